The molecule has 2 atom stereocenters. The van der Waals surface area contributed by atoms with E-state index in [-0.39, 0.29) is 20.3 Å². The minimum atomic E-state index is -1.16. The molecule has 2 aromatic heterocycles. The van der Waals surface area contributed by atoms with Gasteiger partial charge in [0, 0.05) is 34.5 Å². The molecule has 2 aliphatic rings. The summed E-state index contributed by atoms with van der Waals surface area (Å²) in [5, 5.41) is 5.70. The number of pyridine rings is 2. The Morgan fingerprint density at radius 2 is 1.81 bits per heavy atom. The van der Waals surface area contributed by atoms with Crippen molar-refractivity contribution in [2.75, 3.05) is 30.4 Å². The first kappa shape index (κ1) is 33.5. The van der Waals surface area contributed by atoms with E-state index in [1.807, 2.05) is 4.90 Å². The maximum Gasteiger partial charge on any atom is 0.407 e. The van der Waals surface area contributed by atoms with Crippen molar-refractivity contribution in [2.45, 2.75) is 71.1 Å². The smallest absolute Gasteiger partial charge is 0.407 e. The molecule has 14 heteroatoms. The highest BCUT2D eigenvalue weighted by molar-refractivity contribution is 6.05. The van der Waals surface area contributed by atoms with Crippen molar-refractivity contribution in [3.05, 3.63) is 64.9 Å². The highest BCUT2D eigenvalue weighted by Crippen LogP contribution is 2.43. The number of carbonyl (C=O) groups is 3. The Hall–Kier alpha value is -4.88. The van der Waals surface area contributed by atoms with Crippen molar-refractivity contribution >= 4 is 29.3 Å². The monoisotopic (exact) mass is 659 g/mol. The van der Waals surface area contributed by atoms with Crippen LogP contribution in [0.4, 0.5) is 29.3 Å². The third kappa shape index (κ3) is 7.42. The van der Waals surface area contributed by atoms with Gasteiger partial charge in [-0.3, -0.25) is 14.6 Å². The number of piperidine rings is 1. The largest absolute Gasteiger partial charge is 0.494 e. The molecule has 1 aliphatic carbocycles. The molecule has 47 heavy (non-hydrogen) atoms. The van der Waals surface area contributed by atoms with E-state index >= 15 is 4.39 Å². The summed E-state index contributed by atoms with van der Waals surface area (Å²) in [5.41, 5.74) is -0.217. The standard InChI is InChI=1S/C33H36F3N5O6.2H2/c1-17(42)46-25-12-8-19-28(25)37-15-23(30(19)41-14-6-7-18(16-41)38-32(44)47-33(2,3)4)40-31(43)22-11-9-21(35)29(39-22)26-20(34)10-13-24(45-5)27(26)36;;/h9-11,13,15,18,25H,6-8,12,14,16H2,1-5H3,(H,38,44)(H,40,43);2*1H/t18-,25?;;/m0../s1. The van der Waals surface area contributed by atoms with Crippen molar-refractivity contribution in [1.82, 2.24) is 15.3 Å². The topological polar surface area (TPSA) is 132 Å². The molecule has 0 bridgehead atoms. The number of amides is 2. The summed E-state index contributed by atoms with van der Waals surface area (Å²) >= 11 is 0. The molecule has 1 unspecified atom stereocenters. The van der Waals surface area contributed by atoms with Crippen LogP contribution in [0.25, 0.3) is 11.3 Å². The Morgan fingerprint density at radius 1 is 1.06 bits per heavy atom. The Labute approximate surface area is 272 Å². The number of carbonyl (C=O) groups excluding carboxylic acids is 3. The number of benzene rings is 1. The van der Waals surface area contributed by atoms with Crippen molar-refractivity contribution in [1.29, 1.82) is 0 Å². The second-order valence-electron chi connectivity index (χ2n) is 12.4. The average molecular weight is 660 g/mol. The number of halogens is 3. The fraction of sp³-hybridized carbons (Fsp3) is 0.424. The SMILES string of the molecule is COc1ccc(F)c(-c2nc(C(=O)Nc3cnc4c(c3N3CCC[C@H](NC(=O)OC(C)(C)C)C3)CCC4OC(C)=O)ccc2F)c1F.[HH].[HH]. The van der Waals surface area contributed by atoms with E-state index in [0.717, 1.165) is 29.8 Å². The lowest BCUT2D eigenvalue weighted by Gasteiger charge is -2.37. The molecule has 3 aromatic rings. The lowest BCUT2D eigenvalue weighted by molar-refractivity contribution is -0.146. The summed E-state index contributed by atoms with van der Waals surface area (Å²) in [6, 6.07) is 3.71. The molecule has 2 amide bonds. The van der Waals surface area contributed by atoms with Crippen molar-refractivity contribution < 1.29 is 44.6 Å². The number of nitrogens with zero attached hydrogens (tertiary/aromatic N) is 3. The van der Waals surface area contributed by atoms with Crippen LogP contribution in [0.15, 0.2) is 30.5 Å². The Balaban J connectivity index is 0.00000325. The van der Waals surface area contributed by atoms with Gasteiger partial charge in [-0.2, -0.15) is 0 Å². The van der Waals surface area contributed by atoms with Gasteiger partial charge in [-0.15, -0.1) is 0 Å². The first-order valence-corrected chi connectivity index (χ1v) is 15.2. The molecule has 0 spiro atoms. The summed E-state index contributed by atoms with van der Waals surface area (Å²) in [5.74, 6) is -4.85. The molecule has 0 radical (unpaired) electrons. The first-order chi connectivity index (χ1) is 22.3. The molecule has 1 saturated heterocycles. The van der Waals surface area contributed by atoms with Crippen molar-refractivity contribution in [2.24, 2.45) is 0 Å². The third-order valence-corrected chi connectivity index (χ3v) is 7.75. The predicted molar refractivity (Wildman–Crippen MR) is 170 cm³/mol. The van der Waals surface area contributed by atoms with Gasteiger partial charge in [0.1, 0.15) is 34.7 Å². The van der Waals surface area contributed by atoms with Gasteiger partial charge >= 0.3 is 12.1 Å². The highest BCUT2D eigenvalue weighted by Gasteiger charge is 2.34. The van der Waals surface area contributed by atoms with Crippen LogP contribution in [0, 0.1) is 17.5 Å². The molecular formula is C33H40F3N5O6. The molecule has 1 aromatic carbocycles. The van der Waals surface area contributed by atoms with Crippen LogP contribution in [0.5, 0.6) is 5.75 Å². The summed E-state index contributed by atoms with van der Waals surface area (Å²) in [4.78, 5) is 48.5. The highest BCUT2D eigenvalue weighted by atomic mass is 19.1. The van der Waals surface area contributed by atoms with Gasteiger partial charge in [0.05, 0.1) is 35.9 Å². The number of ether oxygens (including phenoxy) is 3. The van der Waals surface area contributed by atoms with E-state index in [1.165, 1.54) is 20.2 Å². The van der Waals surface area contributed by atoms with Gasteiger partial charge in [0.15, 0.2) is 11.6 Å². The van der Waals surface area contributed by atoms with Gasteiger partial charge < -0.3 is 29.7 Å². The normalized spacial score (nSPS) is 17.5. The van der Waals surface area contributed by atoms with Crippen LogP contribution < -0.4 is 20.3 Å². The molecule has 254 valence electrons. The first-order valence-electron chi connectivity index (χ1n) is 15.2. The summed E-state index contributed by atoms with van der Waals surface area (Å²) in [6.07, 6.45) is 2.70. The summed E-state index contributed by atoms with van der Waals surface area (Å²) in [7, 11) is 1.18. The van der Waals surface area contributed by atoms with Crippen LogP contribution in [0.3, 0.4) is 0 Å². The van der Waals surface area contributed by atoms with Crippen LogP contribution in [0.1, 0.15) is 77.7 Å². The van der Waals surface area contributed by atoms with E-state index in [2.05, 4.69) is 20.6 Å². The van der Waals surface area contributed by atoms with E-state index in [9.17, 15) is 23.2 Å². The van der Waals surface area contributed by atoms with Gasteiger partial charge in [0.25, 0.3) is 5.91 Å². The lowest BCUT2D eigenvalue weighted by Crippen LogP contribution is -2.49. The van der Waals surface area contributed by atoms with Crippen LogP contribution in [0.2, 0.25) is 0 Å². The molecule has 5 rings (SSSR count). The number of esters is 1. The number of methoxy groups -OCH3 is 1. The molecule has 1 aliphatic heterocycles. The maximum atomic E-state index is 15.0. The number of rotatable bonds is 7. The van der Waals surface area contributed by atoms with Crippen molar-refractivity contribution in [3.63, 3.8) is 0 Å². The van der Waals surface area contributed by atoms with E-state index in [1.54, 1.807) is 20.8 Å². The summed E-state index contributed by atoms with van der Waals surface area (Å²) in [6.45, 7) is 7.60. The van der Waals surface area contributed by atoms with E-state index in [4.69, 9.17) is 14.2 Å². The molecular weight excluding hydrogens is 619 g/mol. The molecule has 0 saturated carbocycles. The fourth-order valence-electron chi connectivity index (χ4n) is 5.87. The van der Waals surface area contributed by atoms with Crippen LogP contribution >= 0.6 is 0 Å². The fourth-order valence-corrected chi connectivity index (χ4v) is 5.87. The number of hydrogen-bond donors (Lipinski definition) is 2. The lowest BCUT2D eigenvalue weighted by atomic mass is 10.0. The van der Waals surface area contributed by atoms with Gasteiger partial charge in [-0.25, -0.2) is 22.9 Å². The Kier molecular flexibility index (Phi) is 9.59. The molecule has 11 nitrogen and oxygen atoms in total. The quantitative estimate of drug-likeness (QED) is 0.278. The average Bonchev–Trinajstić information content (AvgIpc) is 3.39. The second kappa shape index (κ2) is 13.5. The van der Waals surface area contributed by atoms with Crippen LogP contribution in [-0.4, -0.2) is 59.8 Å². The zero-order valence-electron chi connectivity index (χ0n) is 26.7. The maximum absolute atomic E-state index is 15.0. The van der Waals surface area contributed by atoms with Crippen molar-refractivity contribution in [3.8, 4) is 17.0 Å². The van der Waals surface area contributed by atoms with Gasteiger partial charge in [0.2, 0.25) is 0 Å². The second-order valence-corrected chi connectivity index (χ2v) is 12.4. The number of fused-ring (bicyclic) bond motifs is 1. The number of nitrogens with one attached hydrogen (secondary N) is 2. The van der Waals surface area contributed by atoms with Gasteiger partial charge in [-0.05, 0) is 70.7 Å². The Bertz CT molecular complexity index is 1720. The van der Waals surface area contributed by atoms with Gasteiger partial charge in [-0.1, -0.05) is 0 Å². The molecule has 3 heterocycles. The minimum absolute atomic E-state index is 0. The number of anilines is 2. The zero-order chi connectivity index (χ0) is 34.0. The summed E-state index contributed by atoms with van der Waals surface area (Å²) < 4.78 is 60.5. The van der Waals surface area contributed by atoms with Crippen LogP contribution in [-0.2, 0) is 20.7 Å². The third-order valence-electron chi connectivity index (χ3n) is 7.75. The Morgan fingerprint density at radius 3 is 2.51 bits per heavy atom. The number of alkyl carbamates (subject to hydrolysis) is 1. The molecule has 1 fully saturated rings. The number of aromatic nitrogens is 2. The minimum Gasteiger partial charge on any atom is -0.494 e. The zero-order valence-corrected chi connectivity index (χ0v) is 26.7. The van der Waals surface area contributed by atoms with E-state index < -0.39 is 58.4 Å². The predicted octanol–water partition coefficient (Wildman–Crippen LogP) is 6.36. The van der Waals surface area contributed by atoms with E-state index in [0.29, 0.717) is 55.8 Å². The number of hydrogen-bond acceptors (Lipinski definition) is 9. The molecule has 2 N–H and O–H groups in total.